The number of aromatic nitrogens is 2. The number of hydrogen-bond acceptors (Lipinski definition) is 8. The first-order valence-electron chi connectivity index (χ1n) is 8.16. The molecule has 0 spiro atoms. The minimum atomic E-state index is -0.551. The van der Waals surface area contributed by atoms with Crippen molar-refractivity contribution in [1.82, 2.24) is 10.2 Å². The van der Waals surface area contributed by atoms with Crippen LogP contribution in [0.2, 0.25) is 0 Å². The van der Waals surface area contributed by atoms with Crippen molar-refractivity contribution < 1.29 is 23.9 Å². The monoisotopic (exact) mass is 392 g/mol. The molecule has 0 unspecified atom stereocenters. The van der Waals surface area contributed by atoms with E-state index in [0.717, 1.165) is 5.01 Å². The molecule has 2 N–H and O–H groups in total. The van der Waals surface area contributed by atoms with Crippen molar-refractivity contribution in [2.75, 3.05) is 24.4 Å². The highest BCUT2D eigenvalue weighted by Crippen LogP contribution is 2.22. The predicted molar refractivity (Wildman–Crippen MR) is 99.7 cm³/mol. The maximum atomic E-state index is 11.9. The van der Waals surface area contributed by atoms with E-state index in [9.17, 15) is 14.4 Å². The number of nitrogens with one attached hydrogen (secondary N) is 2. The van der Waals surface area contributed by atoms with Crippen molar-refractivity contribution in [2.24, 2.45) is 0 Å². The number of esters is 1. The summed E-state index contributed by atoms with van der Waals surface area (Å²) in [6.07, 6.45) is 0.474. The number of methoxy groups -OCH3 is 1. The molecular formula is C17H20N4O5S. The van der Waals surface area contributed by atoms with Crippen molar-refractivity contribution in [2.45, 2.75) is 26.2 Å². The molecule has 27 heavy (non-hydrogen) atoms. The number of hydrogen-bond donors (Lipinski definition) is 2. The minimum Gasteiger partial charge on any atom is -0.495 e. The summed E-state index contributed by atoms with van der Waals surface area (Å²) in [4.78, 5) is 35.3. The van der Waals surface area contributed by atoms with Crippen LogP contribution in [-0.2, 0) is 19.1 Å². The van der Waals surface area contributed by atoms with Crippen LogP contribution in [0.5, 0.6) is 5.75 Å². The molecule has 0 bridgehead atoms. The lowest BCUT2D eigenvalue weighted by atomic mass is 10.2. The Kier molecular flexibility index (Phi) is 7.68. The Morgan fingerprint density at radius 1 is 1.07 bits per heavy atom. The maximum absolute atomic E-state index is 11.9. The van der Waals surface area contributed by atoms with E-state index in [1.54, 1.807) is 31.2 Å². The second-order valence-corrected chi connectivity index (χ2v) is 6.62. The first-order valence-corrected chi connectivity index (χ1v) is 8.98. The fraction of sp³-hybridized carbons (Fsp3) is 0.353. The molecule has 144 valence electrons. The van der Waals surface area contributed by atoms with Gasteiger partial charge in [-0.15, -0.1) is 10.2 Å². The molecule has 9 nitrogen and oxygen atoms in total. The van der Waals surface area contributed by atoms with Crippen LogP contribution in [0.3, 0.4) is 0 Å². The summed E-state index contributed by atoms with van der Waals surface area (Å²) in [6, 6.07) is 6.90. The van der Waals surface area contributed by atoms with Gasteiger partial charge in [-0.1, -0.05) is 23.5 Å². The molecule has 0 atom stereocenters. The van der Waals surface area contributed by atoms with Crippen molar-refractivity contribution >= 4 is 39.9 Å². The van der Waals surface area contributed by atoms with Gasteiger partial charge >= 0.3 is 5.97 Å². The zero-order chi connectivity index (χ0) is 19.6. The molecule has 2 amide bonds. The van der Waals surface area contributed by atoms with Crippen LogP contribution in [0.15, 0.2) is 24.3 Å². The lowest BCUT2D eigenvalue weighted by Gasteiger charge is -2.10. The average molecular weight is 392 g/mol. The van der Waals surface area contributed by atoms with Crippen molar-refractivity contribution in [3.63, 3.8) is 0 Å². The molecule has 0 saturated carbocycles. The van der Waals surface area contributed by atoms with Crippen molar-refractivity contribution in [3.8, 4) is 5.75 Å². The van der Waals surface area contributed by atoms with Crippen LogP contribution in [0.25, 0.3) is 0 Å². The normalized spacial score (nSPS) is 10.1. The Balaban J connectivity index is 1.64. The molecule has 1 aromatic carbocycles. The molecule has 0 aliphatic heterocycles. The lowest BCUT2D eigenvalue weighted by Crippen LogP contribution is -2.21. The molecule has 10 heteroatoms. The number of aryl methyl sites for hydroxylation is 1. The Morgan fingerprint density at radius 2 is 1.85 bits per heavy atom. The van der Waals surface area contributed by atoms with Gasteiger partial charge < -0.3 is 20.1 Å². The highest BCUT2D eigenvalue weighted by Gasteiger charge is 2.12. The van der Waals surface area contributed by atoms with Crippen LogP contribution >= 0.6 is 11.3 Å². The Labute approximate surface area is 160 Å². The highest BCUT2D eigenvalue weighted by atomic mass is 32.1. The van der Waals surface area contributed by atoms with Crippen LogP contribution < -0.4 is 15.4 Å². The molecule has 0 saturated heterocycles. The Hall–Kier alpha value is -3.01. The zero-order valence-corrected chi connectivity index (χ0v) is 15.8. The van der Waals surface area contributed by atoms with Gasteiger partial charge in [0.2, 0.25) is 11.0 Å². The number of nitrogens with zero attached hydrogens (tertiary/aromatic N) is 2. The molecule has 0 aliphatic rings. The fourth-order valence-electron chi connectivity index (χ4n) is 2.07. The summed E-state index contributed by atoms with van der Waals surface area (Å²) in [7, 11) is 1.49. The third-order valence-electron chi connectivity index (χ3n) is 3.30. The molecule has 0 radical (unpaired) electrons. The summed E-state index contributed by atoms with van der Waals surface area (Å²) in [5.74, 6) is -0.774. The van der Waals surface area contributed by atoms with E-state index < -0.39 is 18.5 Å². The third-order valence-corrected chi connectivity index (χ3v) is 4.06. The van der Waals surface area contributed by atoms with Gasteiger partial charge in [-0.25, -0.2) is 0 Å². The van der Waals surface area contributed by atoms with E-state index >= 15 is 0 Å². The van der Waals surface area contributed by atoms with Gasteiger partial charge in [0.1, 0.15) is 10.8 Å². The predicted octanol–water partition coefficient (Wildman–Crippen LogP) is 2.15. The molecule has 0 aliphatic carbocycles. The Bertz CT molecular complexity index is 808. The van der Waals surface area contributed by atoms with Gasteiger partial charge in [0.15, 0.2) is 6.61 Å². The lowest BCUT2D eigenvalue weighted by molar-refractivity contribution is -0.147. The van der Waals surface area contributed by atoms with Crippen LogP contribution in [0.1, 0.15) is 24.3 Å². The fourth-order valence-corrected chi connectivity index (χ4v) is 2.68. The van der Waals surface area contributed by atoms with E-state index in [4.69, 9.17) is 9.47 Å². The first kappa shape index (κ1) is 20.3. The number of para-hydroxylation sites is 2. The van der Waals surface area contributed by atoms with Crippen LogP contribution in [0, 0.1) is 6.92 Å². The van der Waals surface area contributed by atoms with Gasteiger partial charge in [0.25, 0.3) is 5.91 Å². The number of carbonyl (C=O) groups excluding carboxylic acids is 3. The van der Waals surface area contributed by atoms with Crippen molar-refractivity contribution in [1.29, 1.82) is 0 Å². The number of rotatable bonds is 9. The third kappa shape index (κ3) is 7.02. The van der Waals surface area contributed by atoms with E-state index in [0.29, 0.717) is 23.0 Å². The van der Waals surface area contributed by atoms with Gasteiger partial charge in [-0.2, -0.15) is 0 Å². The number of carbonyl (C=O) groups is 3. The highest BCUT2D eigenvalue weighted by molar-refractivity contribution is 7.15. The number of anilines is 2. The summed E-state index contributed by atoms with van der Waals surface area (Å²) >= 11 is 1.27. The van der Waals surface area contributed by atoms with E-state index in [1.165, 1.54) is 18.4 Å². The SMILES string of the molecule is COc1ccccc1NC(=O)COC(=O)CCCC(=O)Nc1nnc(C)s1. The average Bonchev–Trinajstić information content (AvgIpc) is 3.05. The summed E-state index contributed by atoms with van der Waals surface area (Å²) < 4.78 is 10.0. The molecule has 1 aromatic heterocycles. The Morgan fingerprint density at radius 3 is 2.56 bits per heavy atom. The first-order chi connectivity index (χ1) is 13.0. The molecular weight excluding hydrogens is 372 g/mol. The topological polar surface area (TPSA) is 120 Å². The quantitative estimate of drug-likeness (QED) is 0.627. The van der Waals surface area contributed by atoms with Crippen LogP contribution in [0.4, 0.5) is 10.8 Å². The smallest absolute Gasteiger partial charge is 0.306 e. The van der Waals surface area contributed by atoms with E-state index in [-0.39, 0.29) is 18.7 Å². The van der Waals surface area contributed by atoms with Gasteiger partial charge in [-0.3, -0.25) is 14.4 Å². The molecule has 2 rings (SSSR count). The van der Waals surface area contributed by atoms with Gasteiger partial charge in [0.05, 0.1) is 12.8 Å². The molecule has 0 fully saturated rings. The standard InChI is InChI=1S/C17H20N4O5S/c1-11-20-21-17(27-11)19-14(22)8-5-9-16(24)26-10-15(23)18-12-6-3-4-7-13(12)25-2/h3-4,6-7H,5,8-10H2,1-2H3,(H,18,23)(H,19,21,22). The second kappa shape index (κ2) is 10.2. The summed E-state index contributed by atoms with van der Waals surface area (Å²) in [5, 5.41) is 14.0. The van der Waals surface area contributed by atoms with Crippen molar-refractivity contribution in [3.05, 3.63) is 29.3 Å². The zero-order valence-electron chi connectivity index (χ0n) is 15.0. The number of ether oxygens (including phenoxy) is 2. The van der Waals surface area contributed by atoms with Gasteiger partial charge in [-0.05, 0) is 25.5 Å². The van der Waals surface area contributed by atoms with E-state index in [1.807, 2.05) is 0 Å². The molecule has 2 aromatic rings. The maximum Gasteiger partial charge on any atom is 0.306 e. The second-order valence-electron chi connectivity index (χ2n) is 5.44. The largest absolute Gasteiger partial charge is 0.495 e. The number of benzene rings is 1. The van der Waals surface area contributed by atoms with Crippen LogP contribution in [-0.4, -0.2) is 41.7 Å². The van der Waals surface area contributed by atoms with E-state index in [2.05, 4.69) is 20.8 Å². The number of amides is 2. The molecule has 1 heterocycles. The minimum absolute atomic E-state index is 0.0322. The summed E-state index contributed by atoms with van der Waals surface area (Å²) in [6.45, 7) is 1.38. The summed E-state index contributed by atoms with van der Waals surface area (Å²) in [5.41, 5.74) is 0.490. The van der Waals surface area contributed by atoms with Gasteiger partial charge in [0, 0.05) is 12.8 Å².